The number of hydrogen-bond acceptors (Lipinski definition) is 4. The first-order chi connectivity index (χ1) is 9.85. The van der Waals surface area contributed by atoms with E-state index in [1.165, 1.54) is 31.2 Å². The van der Waals surface area contributed by atoms with Crippen molar-refractivity contribution in [1.82, 2.24) is 10.2 Å². The van der Waals surface area contributed by atoms with Gasteiger partial charge in [0.15, 0.2) is 0 Å². The molecule has 1 aromatic rings. The van der Waals surface area contributed by atoms with Crippen LogP contribution in [0.5, 0.6) is 0 Å². The average molecular weight is 294 g/mol. The van der Waals surface area contributed by atoms with Crippen molar-refractivity contribution in [2.24, 2.45) is 0 Å². The first-order valence-electron chi connectivity index (χ1n) is 7.86. The zero-order chi connectivity index (χ0) is 13.8. The van der Waals surface area contributed by atoms with Gasteiger partial charge in [0, 0.05) is 24.7 Å². The summed E-state index contributed by atoms with van der Waals surface area (Å²) in [6, 6.07) is 2.83. The quantitative estimate of drug-likeness (QED) is 0.903. The first-order valence-corrected chi connectivity index (χ1v) is 8.80. The van der Waals surface area contributed by atoms with Crippen LogP contribution in [0, 0.1) is 0 Å². The fraction of sp³-hybridized carbons (Fsp3) is 0.750. The molecule has 2 heterocycles. The lowest BCUT2D eigenvalue weighted by molar-refractivity contribution is -0.0347. The van der Waals surface area contributed by atoms with Crippen LogP contribution in [0.2, 0.25) is 0 Å². The number of likely N-dealkylation sites (N-methyl/N-ethyl adjacent to an activating group) is 1. The molecule has 1 aliphatic carbocycles. The molecule has 1 N–H and O–H groups in total. The molecule has 1 atom stereocenters. The van der Waals surface area contributed by atoms with Crippen LogP contribution in [-0.4, -0.2) is 49.8 Å². The molecule has 0 spiro atoms. The summed E-state index contributed by atoms with van der Waals surface area (Å²) in [5, 5.41) is 8.13. The number of nitrogens with one attached hydrogen (secondary N) is 1. The van der Waals surface area contributed by atoms with E-state index >= 15 is 0 Å². The summed E-state index contributed by atoms with van der Waals surface area (Å²) < 4.78 is 5.56. The molecule has 0 bridgehead atoms. The molecule has 20 heavy (non-hydrogen) atoms. The highest BCUT2D eigenvalue weighted by molar-refractivity contribution is 7.07. The molecule has 1 unspecified atom stereocenters. The third kappa shape index (κ3) is 2.80. The van der Waals surface area contributed by atoms with Crippen molar-refractivity contribution >= 4 is 11.3 Å². The van der Waals surface area contributed by atoms with Crippen LogP contribution in [0.3, 0.4) is 0 Å². The third-order valence-electron chi connectivity index (χ3n) is 5.13. The maximum Gasteiger partial charge on any atom is 0.0594 e. The molecule has 1 saturated heterocycles. The van der Waals surface area contributed by atoms with Crippen molar-refractivity contribution in [2.75, 3.05) is 33.4 Å². The Labute approximate surface area is 126 Å². The highest BCUT2D eigenvalue weighted by Crippen LogP contribution is 2.39. The number of thiophene rings is 1. The Morgan fingerprint density at radius 2 is 2.10 bits per heavy atom. The summed E-state index contributed by atoms with van der Waals surface area (Å²) >= 11 is 1.81. The zero-order valence-electron chi connectivity index (χ0n) is 12.4. The topological polar surface area (TPSA) is 24.5 Å². The van der Waals surface area contributed by atoms with E-state index in [1.54, 1.807) is 0 Å². The number of ether oxygens (including phenoxy) is 1. The predicted octanol–water partition coefficient (Wildman–Crippen LogP) is 2.52. The Kier molecular flexibility index (Phi) is 4.76. The van der Waals surface area contributed by atoms with E-state index < -0.39 is 0 Å². The maximum atomic E-state index is 5.56. The molecular formula is C16H26N2OS. The third-order valence-corrected chi connectivity index (χ3v) is 5.86. The van der Waals surface area contributed by atoms with Gasteiger partial charge in [-0.15, -0.1) is 0 Å². The molecule has 0 aromatic carbocycles. The van der Waals surface area contributed by atoms with Gasteiger partial charge in [0.2, 0.25) is 0 Å². The van der Waals surface area contributed by atoms with E-state index in [4.69, 9.17) is 4.74 Å². The Morgan fingerprint density at radius 3 is 2.70 bits per heavy atom. The average Bonchev–Trinajstić information content (AvgIpc) is 3.18. The summed E-state index contributed by atoms with van der Waals surface area (Å²) in [5.74, 6) is 0. The number of rotatable bonds is 5. The lowest BCUT2D eigenvalue weighted by Crippen LogP contribution is -2.62. The molecule has 2 fully saturated rings. The Hall–Kier alpha value is -0.420. The summed E-state index contributed by atoms with van der Waals surface area (Å²) in [4.78, 5) is 2.72. The summed E-state index contributed by atoms with van der Waals surface area (Å²) in [6.07, 6.45) is 6.57. The van der Waals surface area contributed by atoms with Crippen LogP contribution < -0.4 is 5.32 Å². The van der Waals surface area contributed by atoms with Crippen LogP contribution in [0.15, 0.2) is 16.8 Å². The molecule has 112 valence electrons. The minimum atomic E-state index is 0.348. The van der Waals surface area contributed by atoms with Crippen LogP contribution >= 0.6 is 11.3 Å². The van der Waals surface area contributed by atoms with Gasteiger partial charge < -0.3 is 10.1 Å². The Bertz CT molecular complexity index is 395. The standard InChI is InChI=1S/C16H26N2OS/c1-17-15(12-14-4-11-20-13-14)16(5-2-3-6-16)18-7-9-19-10-8-18/h4,11,13,15,17H,2-3,5-10,12H2,1H3. The minimum absolute atomic E-state index is 0.348. The Morgan fingerprint density at radius 1 is 1.35 bits per heavy atom. The highest BCUT2D eigenvalue weighted by atomic mass is 32.1. The normalized spacial score (nSPS) is 24.9. The van der Waals surface area contributed by atoms with Gasteiger partial charge >= 0.3 is 0 Å². The molecule has 1 aromatic heterocycles. The minimum Gasteiger partial charge on any atom is -0.379 e. The van der Waals surface area contributed by atoms with Gasteiger partial charge in [0.1, 0.15) is 0 Å². The molecule has 0 radical (unpaired) electrons. The van der Waals surface area contributed by atoms with E-state index in [-0.39, 0.29) is 0 Å². The molecular weight excluding hydrogens is 268 g/mol. The van der Waals surface area contributed by atoms with E-state index in [1.807, 2.05) is 11.3 Å². The van der Waals surface area contributed by atoms with Crippen LogP contribution in [0.4, 0.5) is 0 Å². The second-order valence-corrected chi connectivity index (χ2v) is 6.87. The van der Waals surface area contributed by atoms with Crippen molar-refractivity contribution < 1.29 is 4.74 Å². The molecule has 3 rings (SSSR count). The van der Waals surface area contributed by atoms with Crippen molar-refractivity contribution in [3.63, 3.8) is 0 Å². The van der Waals surface area contributed by atoms with Gasteiger partial charge in [-0.3, -0.25) is 4.90 Å². The van der Waals surface area contributed by atoms with Gasteiger partial charge in [0.05, 0.1) is 13.2 Å². The second kappa shape index (κ2) is 6.56. The van der Waals surface area contributed by atoms with Crippen molar-refractivity contribution in [1.29, 1.82) is 0 Å². The molecule has 1 aliphatic heterocycles. The molecule has 1 saturated carbocycles. The van der Waals surface area contributed by atoms with Gasteiger partial charge in [-0.1, -0.05) is 12.8 Å². The first kappa shape index (κ1) is 14.5. The van der Waals surface area contributed by atoms with Crippen LogP contribution in [0.1, 0.15) is 31.2 Å². The van der Waals surface area contributed by atoms with E-state index in [2.05, 4.69) is 34.1 Å². The van der Waals surface area contributed by atoms with Gasteiger partial charge in [0.25, 0.3) is 0 Å². The summed E-state index contributed by atoms with van der Waals surface area (Å²) in [6.45, 7) is 4.00. The van der Waals surface area contributed by atoms with E-state index in [9.17, 15) is 0 Å². The monoisotopic (exact) mass is 294 g/mol. The molecule has 2 aliphatic rings. The fourth-order valence-electron chi connectivity index (χ4n) is 4.09. The SMILES string of the molecule is CNC(Cc1ccsc1)C1(N2CCOCC2)CCCC1. The zero-order valence-corrected chi connectivity index (χ0v) is 13.3. The summed E-state index contributed by atoms with van der Waals surface area (Å²) in [5.41, 5.74) is 1.83. The van der Waals surface area contributed by atoms with Crippen molar-refractivity contribution in [3.8, 4) is 0 Å². The van der Waals surface area contributed by atoms with E-state index in [0.29, 0.717) is 11.6 Å². The maximum absolute atomic E-state index is 5.56. The predicted molar refractivity (Wildman–Crippen MR) is 84.5 cm³/mol. The molecule has 0 amide bonds. The number of hydrogen-bond donors (Lipinski definition) is 1. The molecule has 3 nitrogen and oxygen atoms in total. The van der Waals surface area contributed by atoms with Crippen LogP contribution in [0.25, 0.3) is 0 Å². The second-order valence-electron chi connectivity index (χ2n) is 6.09. The highest BCUT2D eigenvalue weighted by Gasteiger charge is 2.45. The Balaban J connectivity index is 1.79. The van der Waals surface area contributed by atoms with Crippen LogP contribution in [-0.2, 0) is 11.2 Å². The number of morpholine rings is 1. The van der Waals surface area contributed by atoms with Gasteiger partial charge in [-0.05, 0) is 48.7 Å². The van der Waals surface area contributed by atoms with Gasteiger partial charge in [-0.25, -0.2) is 0 Å². The van der Waals surface area contributed by atoms with Gasteiger partial charge in [-0.2, -0.15) is 11.3 Å². The fourth-order valence-corrected chi connectivity index (χ4v) is 4.77. The van der Waals surface area contributed by atoms with Crippen molar-refractivity contribution in [2.45, 2.75) is 43.7 Å². The van der Waals surface area contributed by atoms with Crippen molar-refractivity contribution in [3.05, 3.63) is 22.4 Å². The van der Waals surface area contributed by atoms with E-state index in [0.717, 1.165) is 32.7 Å². The molecule has 4 heteroatoms. The smallest absolute Gasteiger partial charge is 0.0594 e. The lowest BCUT2D eigenvalue weighted by atomic mass is 9.82. The number of nitrogens with zero attached hydrogens (tertiary/aromatic N) is 1. The largest absolute Gasteiger partial charge is 0.379 e. The lowest BCUT2D eigenvalue weighted by Gasteiger charge is -2.48. The summed E-state index contributed by atoms with van der Waals surface area (Å²) in [7, 11) is 2.14.